The maximum absolute atomic E-state index is 12.3. The summed E-state index contributed by atoms with van der Waals surface area (Å²) in [5.74, 6) is -0.163. The molecule has 1 saturated heterocycles. The van der Waals surface area contributed by atoms with Crippen molar-refractivity contribution in [3.63, 3.8) is 0 Å². The Labute approximate surface area is 137 Å². The van der Waals surface area contributed by atoms with Gasteiger partial charge in [0.2, 0.25) is 0 Å². The molecule has 1 fully saturated rings. The fourth-order valence-electron chi connectivity index (χ4n) is 2.22. The number of hydrogen-bond acceptors (Lipinski definition) is 2. The van der Waals surface area contributed by atoms with Crippen LogP contribution >= 0.6 is 31.9 Å². The number of nitrogens with zero attached hydrogens (tertiary/aromatic N) is 2. The summed E-state index contributed by atoms with van der Waals surface area (Å²) in [5, 5.41) is 0. The van der Waals surface area contributed by atoms with Crippen LogP contribution in [0.3, 0.4) is 0 Å². The number of hydrogen-bond donors (Lipinski definition) is 0. The highest BCUT2D eigenvalue weighted by atomic mass is 79.9. The van der Waals surface area contributed by atoms with E-state index in [-0.39, 0.29) is 19.0 Å². The summed E-state index contributed by atoms with van der Waals surface area (Å²) in [6.07, 6.45) is -4.19. The summed E-state index contributed by atoms with van der Waals surface area (Å²) in [4.78, 5) is 15.2. The Bertz CT molecular complexity index is 508. The number of rotatable bonds is 2. The number of piperazine rings is 1. The molecule has 0 saturated carbocycles. The van der Waals surface area contributed by atoms with E-state index in [4.69, 9.17) is 0 Å². The summed E-state index contributed by atoms with van der Waals surface area (Å²) >= 11 is 6.63. The molecular weight excluding hydrogens is 417 g/mol. The van der Waals surface area contributed by atoms with Crippen LogP contribution < -0.4 is 0 Å². The van der Waals surface area contributed by atoms with E-state index in [1.165, 1.54) is 4.90 Å². The van der Waals surface area contributed by atoms with Gasteiger partial charge in [-0.1, -0.05) is 31.9 Å². The highest BCUT2D eigenvalue weighted by molar-refractivity contribution is 9.11. The van der Waals surface area contributed by atoms with Crippen LogP contribution in [0.25, 0.3) is 0 Å². The first-order chi connectivity index (χ1) is 9.74. The number of halogens is 5. The largest absolute Gasteiger partial charge is 0.401 e. The van der Waals surface area contributed by atoms with Crippen LogP contribution in [0.2, 0.25) is 0 Å². The predicted molar refractivity (Wildman–Crippen MR) is 80.2 cm³/mol. The van der Waals surface area contributed by atoms with Gasteiger partial charge in [0.1, 0.15) is 0 Å². The summed E-state index contributed by atoms with van der Waals surface area (Å²) in [6, 6.07) is 5.22. The Hall–Kier alpha value is -0.600. The molecule has 1 aromatic carbocycles. The predicted octanol–water partition coefficient (Wildman–Crippen LogP) is 3.53. The van der Waals surface area contributed by atoms with Gasteiger partial charge < -0.3 is 4.90 Å². The Morgan fingerprint density at radius 2 is 1.57 bits per heavy atom. The molecule has 21 heavy (non-hydrogen) atoms. The van der Waals surface area contributed by atoms with E-state index in [1.54, 1.807) is 17.0 Å². The van der Waals surface area contributed by atoms with E-state index in [9.17, 15) is 18.0 Å². The van der Waals surface area contributed by atoms with Crippen molar-refractivity contribution in [1.82, 2.24) is 9.80 Å². The van der Waals surface area contributed by atoms with Crippen molar-refractivity contribution < 1.29 is 18.0 Å². The molecular formula is C13H13Br2F3N2O. The molecule has 0 radical (unpaired) electrons. The topological polar surface area (TPSA) is 23.6 Å². The monoisotopic (exact) mass is 428 g/mol. The fourth-order valence-corrected chi connectivity index (χ4v) is 3.52. The van der Waals surface area contributed by atoms with Gasteiger partial charge in [0.05, 0.1) is 6.54 Å². The molecule has 116 valence electrons. The van der Waals surface area contributed by atoms with Gasteiger partial charge in [-0.25, -0.2) is 0 Å². The maximum Gasteiger partial charge on any atom is 0.401 e. The SMILES string of the molecule is O=C(c1cc(Br)cc(Br)c1)N1CCN(CC(F)(F)F)CC1. The lowest BCUT2D eigenvalue weighted by molar-refractivity contribution is -0.148. The van der Waals surface area contributed by atoms with Crippen molar-refractivity contribution in [2.45, 2.75) is 6.18 Å². The van der Waals surface area contributed by atoms with Crippen LogP contribution in [0.15, 0.2) is 27.1 Å². The molecule has 0 spiro atoms. The van der Waals surface area contributed by atoms with Crippen molar-refractivity contribution >= 4 is 37.8 Å². The summed E-state index contributed by atoms with van der Waals surface area (Å²) in [5.41, 5.74) is 0.514. The zero-order valence-electron chi connectivity index (χ0n) is 11.0. The lowest BCUT2D eigenvalue weighted by Gasteiger charge is -2.35. The number of carbonyl (C=O) groups excluding carboxylic acids is 1. The van der Waals surface area contributed by atoms with Gasteiger partial charge in [-0.05, 0) is 18.2 Å². The lowest BCUT2D eigenvalue weighted by Crippen LogP contribution is -2.50. The number of amides is 1. The van der Waals surface area contributed by atoms with E-state index in [0.29, 0.717) is 18.7 Å². The van der Waals surface area contributed by atoms with Gasteiger partial charge in [0.25, 0.3) is 5.91 Å². The van der Waals surface area contributed by atoms with Gasteiger partial charge >= 0.3 is 6.18 Å². The Kier molecular flexibility index (Phi) is 5.32. The third kappa shape index (κ3) is 4.96. The molecule has 1 aliphatic rings. The average molecular weight is 430 g/mol. The van der Waals surface area contributed by atoms with Crippen LogP contribution in [0.4, 0.5) is 13.2 Å². The van der Waals surface area contributed by atoms with Crippen LogP contribution in [-0.2, 0) is 0 Å². The number of benzene rings is 1. The quantitative estimate of drug-likeness (QED) is 0.717. The van der Waals surface area contributed by atoms with Crippen LogP contribution in [0.5, 0.6) is 0 Å². The van der Waals surface area contributed by atoms with E-state index in [0.717, 1.165) is 8.95 Å². The van der Waals surface area contributed by atoms with Gasteiger partial charge in [-0.15, -0.1) is 0 Å². The van der Waals surface area contributed by atoms with E-state index >= 15 is 0 Å². The minimum Gasteiger partial charge on any atom is -0.336 e. The van der Waals surface area contributed by atoms with Gasteiger partial charge in [0, 0.05) is 40.7 Å². The molecule has 1 aromatic rings. The molecule has 0 atom stereocenters. The van der Waals surface area contributed by atoms with Crippen molar-refractivity contribution in [2.24, 2.45) is 0 Å². The molecule has 0 bridgehead atoms. The summed E-state index contributed by atoms with van der Waals surface area (Å²) < 4.78 is 38.5. The first kappa shape index (κ1) is 16.8. The molecule has 1 amide bonds. The third-order valence-corrected chi connectivity index (χ3v) is 4.09. The highest BCUT2D eigenvalue weighted by Crippen LogP contribution is 2.22. The minimum atomic E-state index is -4.19. The van der Waals surface area contributed by atoms with Gasteiger partial charge in [0.15, 0.2) is 0 Å². The molecule has 0 aromatic heterocycles. The van der Waals surface area contributed by atoms with Crippen LogP contribution in [0, 0.1) is 0 Å². The van der Waals surface area contributed by atoms with Crippen LogP contribution in [-0.4, -0.2) is 54.6 Å². The maximum atomic E-state index is 12.3. The summed E-state index contributed by atoms with van der Waals surface area (Å²) in [7, 11) is 0. The molecule has 1 heterocycles. The molecule has 0 unspecified atom stereocenters. The first-order valence-electron chi connectivity index (χ1n) is 6.29. The van der Waals surface area contributed by atoms with E-state index in [2.05, 4.69) is 31.9 Å². The second-order valence-electron chi connectivity index (χ2n) is 4.84. The standard InChI is InChI=1S/C13H13Br2F3N2O/c14-10-5-9(6-11(15)7-10)12(21)20-3-1-19(2-4-20)8-13(16,17)18/h5-7H,1-4,8H2. The zero-order valence-corrected chi connectivity index (χ0v) is 14.1. The normalized spacial score (nSPS) is 17.1. The second kappa shape index (κ2) is 6.66. The highest BCUT2D eigenvalue weighted by Gasteiger charge is 2.33. The molecule has 0 N–H and O–H groups in total. The Morgan fingerprint density at radius 3 is 2.05 bits per heavy atom. The lowest BCUT2D eigenvalue weighted by atomic mass is 10.2. The number of carbonyl (C=O) groups is 1. The van der Waals surface area contributed by atoms with Gasteiger partial charge in [-0.3, -0.25) is 9.69 Å². The van der Waals surface area contributed by atoms with Crippen molar-refractivity contribution in [2.75, 3.05) is 32.7 Å². The first-order valence-corrected chi connectivity index (χ1v) is 7.88. The molecule has 8 heteroatoms. The van der Waals surface area contributed by atoms with Crippen molar-refractivity contribution in [1.29, 1.82) is 0 Å². The zero-order chi connectivity index (χ0) is 15.6. The van der Waals surface area contributed by atoms with Crippen LogP contribution in [0.1, 0.15) is 10.4 Å². The van der Waals surface area contributed by atoms with E-state index < -0.39 is 12.7 Å². The van der Waals surface area contributed by atoms with E-state index in [1.807, 2.05) is 6.07 Å². The minimum absolute atomic E-state index is 0.163. The van der Waals surface area contributed by atoms with Crippen molar-refractivity contribution in [3.8, 4) is 0 Å². The Morgan fingerprint density at radius 1 is 1.05 bits per heavy atom. The Balaban J connectivity index is 1.97. The number of alkyl halides is 3. The molecule has 2 rings (SSSR count). The average Bonchev–Trinajstić information content (AvgIpc) is 2.35. The smallest absolute Gasteiger partial charge is 0.336 e. The second-order valence-corrected chi connectivity index (χ2v) is 6.67. The molecule has 1 aliphatic heterocycles. The third-order valence-electron chi connectivity index (χ3n) is 3.17. The molecule has 0 aliphatic carbocycles. The summed E-state index contributed by atoms with van der Waals surface area (Å²) in [6.45, 7) is 0.163. The molecule has 3 nitrogen and oxygen atoms in total. The van der Waals surface area contributed by atoms with Gasteiger partial charge in [-0.2, -0.15) is 13.2 Å². The fraction of sp³-hybridized carbons (Fsp3) is 0.462. The van der Waals surface area contributed by atoms with Crippen molar-refractivity contribution in [3.05, 3.63) is 32.7 Å².